The van der Waals surface area contributed by atoms with Crippen molar-refractivity contribution in [3.05, 3.63) is 24.3 Å². The minimum atomic E-state index is -0.488. The summed E-state index contributed by atoms with van der Waals surface area (Å²) in [6.45, 7) is 0. The van der Waals surface area contributed by atoms with Crippen LogP contribution in [0.5, 0.6) is 0 Å². The molecule has 0 bridgehead atoms. The van der Waals surface area contributed by atoms with Gasteiger partial charge in [-0.1, -0.05) is 0 Å². The Morgan fingerprint density at radius 2 is 2.23 bits per heavy atom. The van der Waals surface area contributed by atoms with Crippen molar-refractivity contribution in [2.45, 2.75) is 44.6 Å². The zero-order valence-corrected chi connectivity index (χ0v) is 14.3. The number of hydrogen-bond donors (Lipinski definition) is 3. The van der Waals surface area contributed by atoms with Crippen LogP contribution in [0, 0.1) is 17.2 Å². The average Bonchev–Trinajstić information content (AvgIpc) is 3.26. The summed E-state index contributed by atoms with van der Waals surface area (Å²) in [5.74, 6) is 0.591. The van der Waals surface area contributed by atoms with Gasteiger partial charge in [0.25, 0.3) is 5.91 Å². The van der Waals surface area contributed by atoms with Gasteiger partial charge >= 0.3 is 0 Å². The van der Waals surface area contributed by atoms with E-state index in [-0.39, 0.29) is 12.5 Å². The number of fused-ring (bicyclic) bond motifs is 3. The van der Waals surface area contributed by atoms with Crippen molar-refractivity contribution < 1.29 is 10.0 Å². The van der Waals surface area contributed by atoms with Crippen molar-refractivity contribution in [2.24, 2.45) is 5.92 Å². The smallest absolute Gasteiger partial charge is 0.250 e. The number of aromatic amines is 1. The lowest BCUT2D eigenvalue weighted by molar-refractivity contribution is -0.128. The largest absolute Gasteiger partial charge is 0.346 e. The van der Waals surface area contributed by atoms with Crippen molar-refractivity contribution in [1.82, 2.24) is 25.0 Å². The number of carbonyl (C=O) groups excluding carboxylic acids is 1. The van der Waals surface area contributed by atoms with Gasteiger partial charge in [0.15, 0.2) is 0 Å². The summed E-state index contributed by atoms with van der Waals surface area (Å²) in [6, 6.07) is 4.46. The molecule has 0 saturated heterocycles. The number of H-pyrrole nitrogens is 1. The number of amides is 1. The van der Waals surface area contributed by atoms with Gasteiger partial charge in [-0.05, 0) is 37.7 Å². The van der Waals surface area contributed by atoms with Crippen LogP contribution in [0.15, 0.2) is 18.5 Å². The van der Waals surface area contributed by atoms with Crippen molar-refractivity contribution in [1.29, 1.82) is 5.26 Å². The van der Waals surface area contributed by atoms with Crippen LogP contribution in [0.1, 0.15) is 44.0 Å². The zero-order valence-electron chi connectivity index (χ0n) is 14.3. The molecule has 1 saturated carbocycles. The highest BCUT2D eigenvalue weighted by atomic mass is 16.5. The van der Waals surface area contributed by atoms with E-state index < -0.39 is 5.91 Å². The first-order valence-corrected chi connectivity index (χ1v) is 8.84. The number of nitrogens with zero attached hydrogens (tertiary/aromatic N) is 4. The maximum absolute atomic E-state index is 11.8. The summed E-state index contributed by atoms with van der Waals surface area (Å²) >= 11 is 0. The van der Waals surface area contributed by atoms with Crippen LogP contribution in [0.3, 0.4) is 0 Å². The van der Waals surface area contributed by atoms with E-state index in [0.717, 1.165) is 47.8 Å². The lowest BCUT2D eigenvalue weighted by Gasteiger charge is -2.29. The van der Waals surface area contributed by atoms with Gasteiger partial charge in [0.1, 0.15) is 17.0 Å². The maximum atomic E-state index is 11.8. The van der Waals surface area contributed by atoms with Crippen LogP contribution in [0.25, 0.3) is 22.1 Å². The molecule has 4 rings (SSSR count). The van der Waals surface area contributed by atoms with E-state index in [0.29, 0.717) is 18.2 Å². The number of pyridine rings is 1. The second kappa shape index (κ2) is 6.77. The predicted molar refractivity (Wildman–Crippen MR) is 94.2 cm³/mol. The second-order valence-electron chi connectivity index (χ2n) is 6.88. The average molecular weight is 352 g/mol. The van der Waals surface area contributed by atoms with E-state index in [1.54, 1.807) is 11.7 Å². The summed E-state index contributed by atoms with van der Waals surface area (Å²) in [7, 11) is 0. The Morgan fingerprint density at radius 1 is 1.42 bits per heavy atom. The SMILES string of the molecule is N#CC[C@H]1CC[C@H](n2c(CC(=O)NO)nc3cnc4[nH]ccc4c32)CC1. The Labute approximate surface area is 149 Å². The number of nitrogens with one attached hydrogen (secondary N) is 2. The fourth-order valence-corrected chi connectivity index (χ4v) is 4.08. The third-order valence-electron chi connectivity index (χ3n) is 5.31. The molecule has 3 heterocycles. The molecule has 134 valence electrons. The summed E-state index contributed by atoms with van der Waals surface area (Å²) in [6.07, 6.45) is 8.04. The highest BCUT2D eigenvalue weighted by Gasteiger charge is 2.27. The molecule has 0 atom stereocenters. The molecule has 1 amide bonds. The Bertz CT molecular complexity index is 990. The summed E-state index contributed by atoms with van der Waals surface area (Å²) < 4.78 is 2.14. The van der Waals surface area contributed by atoms with Crippen LogP contribution in [-0.2, 0) is 11.2 Å². The zero-order chi connectivity index (χ0) is 18.1. The molecule has 1 aliphatic rings. The van der Waals surface area contributed by atoms with Crippen molar-refractivity contribution >= 4 is 28.0 Å². The number of imidazole rings is 1. The Kier molecular flexibility index (Phi) is 4.31. The topological polar surface area (TPSA) is 120 Å². The van der Waals surface area contributed by atoms with Gasteiger partial charge in [0.2, 0.25) is 0 Å². The van der Waals surface area contributed by atoms with Gasteiger partial charge < -0.3 is 9.55 Å². The standard InChI is InChI=1S/C18H20N6O2/c19-7-5-11-1-3-12(4-2-11)24-15(9-16(25)23-26)22-14-10-21-18-13(17(14)24)6-8-20-18/h6,8,10-12,26H,1-5,9H2,(H,20,21)(H,23,25)/t11-,12-. The van der Waals surface area contributed by atoms with Crippen molar-refractivity contribution in [3.8, 4) is 6.07 Å². The molecule has 0 radical (unpaired) electrons. The summed E-state index contributed by atoms with van der Waals surface area (Å²) in [5, 5.41) is 18.8. The molecule has 0 unspecified atom stereocenters. The van der Waals surface area contributed by atoms with Crippen molar-refractivity contribution in [2.75, 3.05) is 0 Å². The number of aromatic nitrogens is 4. The molecule has 0 spiro atoms. The first-order chi connectivity index (χ1) is 12.7. The minimum absolute atomic E-state index is 0.00915. The van der Waals surface area contributed by atoms with Crippen LogP contribution >= 0.6 is 0 Å². The van der Waals surface area contributed by atoms with Crippen LogP contribution < -0.4 is 5.48 Å². The molecule has 3 aromatic rings. The summed E-state index contributed by atoms with van der Waals surface area (Å²) in [4.78, 5) is 23.9. The molecular formula is C18H20N6O2. The van der Waals surface area contributed by atoms with Gasteiger partial charge in [0.05, 0.1) is 24.2 Å². The van der Waals surface area contributed by atoms with E-state index in [1.165, 1.54) is 0 Å². The third kappa shape index (κ3) is 2.80. The van der Waals surface area contributed by atoms with Crippen LogP contribution in [-0.4, -0.2) is 30.6 Å². The first kappa shape index (κ1) is 16.5. The molecular weight excluding hydrogens is 332 g/mol. The molecule has 8 heteroatoms. The quantitative estimate of drug-likeness (QED) is 0.492. The minimum Gasteiger partial charge on any atom is -0.346 e. The lowest BCUT2D eigenvalue weighted by atomic mass is 9.84. The number of hydrogen-bond acceptors (Lipinski definition) is 5. The first-order valence-electron chi connectivity index (χ1n) is 8.84. The van der Waals surface area contributed by atoms with Gasteiger partial charge in [-0.2, -0.15) is 5.26 Å². The van der Waals surface area contributed by atoms with E-state index in [1.807, 2.05) is 12.3 Å². The lowest BCUT2D eigenvalue weighted by Crippen LogP contribution is -2.25. The molecule has 0 aliphatic heterocycles. The summed E-state index contributed by atoms with van der Waals surface area (Å²) in [5.41, 5.74) is 4.20. The molecule has 3 N–H and O–H groups in total. The number of nitriles is 1. The van der Waals surface area contributed by atoms with Gasteiger partial charge in [-0.15, -0.1) is 0 Å². The number of rotatable bonds is 4. The fraction of sp³-hybridized carbons (Fsp3) is 0.444. The van der Waals surface area contributed by atoms with E-state index in [2.05, 4.69) is 25.6 Å². The van der Waals surface area contributed by atoms with E-state index in [4.69, 9.17) is 10.5 Å². The van der Waals surface area contributed by atoms with Crippen molar-refractivity contribution in [3.63, 3.8) is 0 Å². The maximum Gasteiger partial charge on any atom is 0.250 e. The Balaban J connectivity index is 1.79. The second-order valence-corrected chi connectivity index (χ2v) is 6.88. The normalized spacial score (nSPS) is 20.3. The molecule has 0 aromatic carbocycles. The van der Waals surface area contributed by atoms with E-state index >= 15 is 0 Å². The Morgan fingerprint density at radius 3 is 2.96 bits per heavy atom. The monoisotopic (exact) mass is 352 g/mol. The van der Waals surface area contributed by atoms with Crippen LogP contribution in [0.2, 0.25) is 0 Å². The van der Waals surface area contributed by atoms with Gasteiger partial charge in [-0.3, -0.25) is 10.0 Å². The molecule has 8 nitrogen and oxygen atoms in total. The predicted octanol–water partition coefficient (Wildman–Crippen LogP) is 2.61. The highest BCUT2D eigenvalue weighted by molar-refractivity contribution is 6.01. The van der Waals surface area contributed by atoms with Gasteiger partial charge in [-0.25, -0.2) is 15.4 Å². The van der Waals surface area contributed by atoms with Gasteiger partial charge in [0, 0.05) is 24.0 Å². The molecule has 1 fully saturated rings. The molecule has 1 aliphatic carbocycles. The third-order valence-corrected chi connectivity index (χ3v) is 5.31. The fourth-order valence-electron chi connectivity index (χ4n) is 4.08. The number of hydroxylamine groups is 1. The highest BCUT2D eigenvalue weighted by Crippen LogP contribution is 2.37. The number of carbonyl (C=O) groups is 1. The Hall–Kier alpha value is -2.92. The molecule has 26 heavy (non-hydrogen) atoms. The molecule has 3 aromatic heterocycles. The van der Waals surface area contributed by atoms with E-state index in [9.17, 15) is 4.79 Å². The van der Waals surface area contributed by atoms with Crippen LogP contribution in [0.4, 0.5) is 0 Å².